The number of hydrogen-bond acceptors (Lipinski definition) is 4. The van der Waals surface area contributed by atoms with Gasteiger partial charge in [0.2, 0.25) is 0 Å². The van der Waals surface area contributed by atoms with Gasteiger partial charge in [-0.25, -0.2) is 14.6 Å². The SMILES string of the molecule is [B]Cn1nnc2c(Cl)ncnc21. The minimum Gasteiger partial charge on any atom is -0.236 e. The molecule has 5 nitrogen and oxygen atoms in total. The van der Waals surface area contributed by atoms with Crippen LogP contribution in [0.5, 0.6) is 0 Å². The summed E-state index contributed by atoms with van der Waals surface area (Å²) in [7, 11) is 5.37. The van der Waals surface area contributed by atoms with Crippen LogP contribution in [0.3, 0.4) is 0 Å². The normalized spacial score (nSPS) is 10.8. The lowest BCUT2D eigenvalue weighted by atomic mass is 10.2. The molecule has 2 radical (unpaired) electrons. The van der Waals surface area contributed by atoms with E-state index in [1.165, 1.54) is 11.0 Å². The Morgan fingerprint density at radius 1 is 1.50 bits per heavy atom. The first-order chi connectivity index (χ1) is 5.83. The molecule has 0 bridgehead atoms. The van der Waals surface area contributed by atoms with Crippen molar-refractivity contribution in [1.29, 1.82) is 0 Å². The summed E-state index contributed by atoms with van der Waals surface area (Å²) < 4.78 is 1.45. The first kappa shape index (κ1) is 7.48. The molecule has 0 amide bonds. The molecule has 0 saturated heterocycles. The molecule has 7 heteroatoms. The van der Waals surface area contributed by atoms with Crippen LogP contribution < -0.4 is 0 Å². The van der Waals surface area contributed by atoms with Crippen molar-refractivity contribution >= 4 is 30.6 Å². The van der Waals surface area contributed by atoms with Crippen LogP contribution in [0.2, 0.25) is 5.15 Å². The highest BCUT2D eigenvalue weighted by atomic mass is 35.5. The van der Waals surface area contributed by atoms with E-state index in [0.717, 1.165) is 0 Å². The van der Waals surface area contributed by atoms with Crippen LogP contribution in [0.4, 0.5) is 0 Å². The van der Waals surface area contributed by atoms with Gasteiger partial charge in [0.25, 0.3) is 0 Å². The van der Waals surface area contributed by atoms with Crippen LogP contribution in [0.15, 0.2) is 6.33 Å². The van der Waals surface area contributed by atoms with E-state index in [2.05, 4.69) is 20.3 Å². The molecule has 2 aromatic rings. The first-order valence-electron chi connectivity index (χ1n) is 3.22. The fourth-order valence-corrected chi connectivity index (χ4v) is 1.05. The third-order valence-electron chi connectivity index (χ3n) is 1.43. The molecule has 0 saturated carbocycles. The van der Waals surface area contributed by atoms with Crippen LogP contribution in [-0.2, 0) is 6.44 Å². The maximum Gasteiger partial charge on any atom is 0.182 e. The van der Waals surface area contributed by atoms with Crippen LogP contribution >= 0.6 is 11.6 Å². The summed E-state index contributed by atoms with van der Waals surface area (Å²) in [5, 5.41) is 7.79. The van der Waals surface area contributed by atoms with E-state index in [1.54, 1.807) is 0 Å². The maximum atomic E-state index is 5.72. The van der Waals surface area contributed by atoms with E-state index in [1.807, 2.05) is 0 Å². The van der Waals surface area contributed by atoms with Crippen molar-refractivity contribution in [1.82, 2.24) is 25.0 Å². The second-order valence-electron chi connectivity index (χ2n) is 2.11. The molecule has 0 fully saturated rings. The van der Waals surface area contributed by atoms with Gasteiger partial charge in [-0.15, -0.1) is 5.10 Å². The molecule has 2 rings (SSSR count). The Hall–Kier alpha value is -1.17. The van der Waals surface area contributed by atoms with Gasteiger partial charge in [0, 0.05) is 6.44 Å². The molecule has 0 atom stereocenters. The molecule has 0 N–H and O–H groups in total. The monoisotopic (exact) mass is 179 g/mol. The standard InChI is InChI=1S/C5H3BClN5/c6-1-12-5-3(10-11-12)4(7)8-2-9-5/h2H,1H2. The van der Waals surface area contributed by atoms with Gasteiger partial charge in [0.1, 0.15) is 6.33 Å². The summed E-state index contributed by atoms with van der Waals surface area (Å²) in [6.45, 7) is 0. The zero-order valence-corrected chi connectivity index (χ0v) is 6.73. The Morgan fingerprint density at radius 2 is 2.33 bits per heavy atom. The molecule has 2 heterocycles. The average Bonchev–Trinajstić information content (AvgIpc) is 2.49. The van der Waals surface area contributed by atoms with Gasteiger partial charge in [-0.3, -0.25) is 0 Å². The summed E-state index contributed by atoms with van der Waals surface area (Å²) >= 11 is 5.72. The Labute approximate surface area is 74.2 Å². The van der Waals surface area contributed by atoms with Crippen molar-refractivity contribution in [2.24, 2.45) is 0 Å². The van der Waals surface area contributed by atoms with E-state index in [-0.39, 0.29) is 6.44 Å². The Balaban J connectivity index is 2.80. The highest BCUT2D eigenvalue weighted by Crippen LogP contribution is 2.14. The average molecular weight is 179 g/mol. The summed E-state index contributed by atoms with van der Waals surface area (Å²) in [5.74, 6) is 0. The topological polar surface area (TPSA) is 56.5 Å². The number of nitrogens with zero attached hydrogens (tertiary/aromatic N) is 5. The Bertz CT molecular complexity index is 413. The van der Waals surface area contributed by atoms with Crippen molar-refractivity contribution in [2.45, 2.75) is 6.44 Å². The smallest absolute Gasteiger partial charge is 0.182 e. The molecule has 0 aliphatic rings. The Kier molecular flexibility index (Phi) is 1.69. The molecule has 58 valence electrons. The lowest BCUT2D eigenvalue weighted by molar-refractivity contribution is 0.710. The quantitative estimate of drug-likeness (QED) is 0.457. The molecule has 0 aliphatic heterocycles. The van der Waals surface area contributed by atoms with E-state index in [9.17, 15) is 0 Å². The maximum absolute atomic E-state index is 5.72. The largest absolute Gasteiger partial charge is 0.236 e. The minimum absolute atomic E-state index is 0.226. The lowest BCUT2D eigenvalue weighted by Crippen LogP contribution is -2.00. The fraction of sp³-hybridized carbons (Fsp3) is 0.200. The van der Waals surface area contributed by atoms with E-state index in [4.69, 9.17) is 19.4 Å². The van der Waals surface area contributed by atoms with Crippen molar-refractivity contribution in [3.63, 3.8) is 0 Å². The number of hydrogen-bond donors (Lipinski definition) is 0. The highest BCUT2D eigenvalue weighted by molar-refractivity contribution is 6.33. The second kappa shape index (κ2) is 2.71. The second-order valence-corrected chi connectivity index (χ2v) is 2.47. The van der Waals surface area contributed by atoms with Gasteiger partial charge in [-0.05, 0) is 0 Å². The molecule has 0 aromatic carbocycles. The molecule has 2 aromatic heterocycles. The molecule has 0 spiro atoms. The van der Waals surface area contributed by atoms with Gasteiger partial charge < -0.3 is 0 Å². The fourth-order valence-electron chi connectivity index (χ4n) is 0.888. The third-order valence-corrected chi connectivity index (χ3v) is 1.71. The van der Waals surface area contributed by atoms with Crippen LogP contribution in [-0.4, -0.2) is 32.8 Å². The highest BCUT2D eigenvalue weighted by Gasteiger charge is 2.07. The van der Waals surface area contributed by atoms with Crippen molar-refractivity contribution in [2.75, 3.05) is 0 Å². The Morgan fingerprint density at radius 3 is 3.08 bits per heavy atom. The minimum atomic E-state index is 0.226. The summed E-state index contributed by atoms with van der Waals surface area (Å²) in [4.78, 5) is 7.69. The summed E-state index contributed by atoms with van der Waals surface area (Å²) in [5.41, 5.74) is 1.03. The third kappa shape index (κ3) is 0.955. The number of halogens is 1. The van der Waals surface area contributed by atoms with E-state index >= 15 is 0 Å². The van der Waals surface area contributed by atoms with E-state index in [0.29, 0.717) is 16.3 Å². The molecular formula is C5H3BClN5. The predicted octanol–water partition coefficient (Wildman–Crippen LogP) is 0.000700. The molecule has 12 heavy (non-hydrogen) atoms. The van der Waals surface area contributed by atoms with Gasteiger partial charge in [-0.1, -0.05) is 16.8 Å². The molecular weight excluding hydrogens is 176 g/mol. The predicted molar refractivity (Wildman–Crippen MR) is 43.9 cm³/mol. The number of aromatic nitrogens is 5. The molecule has 0 aliphatic carbocycles. The first-order valence-corrected chi connectivity index (χ1v) is 3.60. The number of rotatable bonds is 1. The van der Waals surface area contributed by atoms with Gasteiger partial charge in [0.05, 0.1) is 7.85 Å². The summed E-state index contributed by atoms with van der Waals surface area (Å²) in [6, 6.07) is 0. The van der Waals surface area contributed by atoms with Crippen LogP contribution in [0.1, 0.15) is 0 Å². The van der Waals surface area contributed by atoms with Crippen LogP contribution in [0, 0.1) is 0 Å². The van der Waals surface area contributed by atoms with E-state index < -0.39 is 0 Å². The van der Waals surface area contributed by atoms with Gasteiger partial charge in [0.15, 0.2) is 16.3 Å². The van der Waals surface area contributed by atoms with Crippen molar-refractivity contribution < 1.29 is 0 Å². The summed E-state index contributed by atoms with van der Waals surface area (Å²) in [6.07, 6.45) is 1.57. The van der Waals surface area contributed by atoms with Crippen molar-refractivity contribution in [3.8, 4) is 0 Å². The van der Waals surface area contributed by atoms with Gasteiger partial charge in [-0.2, -0.15) is 0 Å². The molecule has 0 unspecified atom stereocenters. The zero-order valence-electron chi connectivity index (χ0n) is 5.98. The van der Waals surface area contributed by atoms with Crippen molar-refractivity contribution in [3.05, 3.63) is 11.5 Å². The van der Waals surface area contributed by atoms with Crippen LogP contribution in [0.25, 0.3) is 11.2 Å². The lowest BCUT2D eigenvalue weighted by Gasteiger charge is -1.93. The number of fused-ring (bicyclic) bond motifs is 1. The van der Waals surface area contributed by atoms with Gasteiger partial charge >= 0.3 is 0 Å². The zero-order chi connectivity index (χ0) is 8.55.